The summed E-state index contributed by atoms with van der Waals surface area (Å²) in [7, 11) is 0. The monoisotopic (exact) mass is 488 g/mol. The molecular formula is C27H32N6O3. The molecule has 1 aromatic heterocycles. The van der Waals surface area contributed by atoms with E-state index in [1.54, 1.807) is 0 Å². The molecule has 9 nitrogen and oxygen atoms in total. The van der Waals surface area contributed by atoms with Crippen LogP contribution in [0, 0.1) is 17.8 Å². The Morgan fingerprint density at radius 2 is 2.06 bits per heavy atom. The number of nitrogens with two attached hydrogens (primary N) is 1. The molecular weight excluding hydrogens is 456 g/mol. The van der Waals surface area contributed by atoms with Gasteiger partial charge in [0, 0.05) is 44.7 Å². The van der Waals surface area contributed by atoms with Crippen LogP contribution < -0.4 is 15.8 Å². The van der Waals surface area contributed by atoms with Crippen LogP contribution in [0.3, 0.4) is 0 Å². The molecule has 3 heterocycles. The van der Waals surface area contributed by atoms with Gasteiger partial charge >= 0.3 is 0 Å². The topological polar surface area (TPSA) is 115 Å². The van der Waals surface area contributed by atoms with Crippen molar-refractivity contribution in [3.05, 3.63) is 53.5 Å². The van der Waals surface area contributed by atoms with Gasteiger partial charge in [-0.2, -0.15) is 0 Å². The van der Waals surface area contributed by atoms with Gasteiger partial charge in [-0.1, -0.05) is 24.3 Å². The molecule has 0 spiro atoms. The van der Waals surface area contributed by atoms with Crippen LogP contribution in [0.1, 0.15) is 23.5 Å². The van der Waals surface area contributed by atoms with Gasteiger partial charge in [0.05, 0.1) is 24.8 Å². The van der Waals surface area contributed by atoms with Crippen LogP contribution in [-0.4, -0.2) is 72.5 Å². The molecule has 0 unspecified atom stereocenters. The highest BCUT2D eigenvalue weighted by Gasteiger charge is 2.47. The Kier molecular flexibility index (Phi) is 6.41. The molecule has 1 aromatic carbocycles. The van der Waals surface area contributed by atoms with Crippen LogP contribution in [0.25, 0.3) is 0 Å². The number of benzene rings is 1. The van der Waals surface area contributed by atoms with Gasteiger partial charge < -0.3 is 20.5 Å². The van der Waals surface area contributed by atoms with E-state index in [4.69, 9.17) is 25.2 Å². The number of morpholine rings is 1. The van der Waals surface area contributed by atoms with Crippen molar-refractivity contribution in [2.75, 3.05) is 44.8 Å². The van der Waals surface area contributed by atoms with Crippen molar-refractivity contribution in [1.29, 1.82) is 0 Å². The first-order chi connectivity index (χ1) is 17.6. The van der Waals surface area contributed by atoms with E-state index in [2.05, 4.69) is 39.5 Å². The molecule has 0 radical (unpaired) electrons. The molecule has 4 atom stereocenters. The molecule has 1 saturated carbocycles. The number of primary amides is 1. The highest BCUT2D eigenvalue weighted by Crippen LogP contribution is 2.45. The van der Waals surface area contributed by atoms with Crippen LogP contribution in [0.4, 0.5) is 11.5 Å². The van der Waals surface area contributed by atoms with Crippen LogP contribution in [0.15, 0.2) is 41.4 Å². The Morgan fingerprint density at radius 3 is 2.92 bits per heavy atom. The summed E-state index contributed by atoms with van der Waals surface area (Å²) in [5, 5.41) is 3.55. The van der Waals surface area contributed by atoms with E-state index in [1.807, 2.05) is 18.3 Å². The Bertz CT molecular complexity index is 1190. The van der Waals surface area contributed by atoms with Crippen molar-refractivity contribution in [2.45, 2.75) is 25.3 Å². The maximum absolute atomic E-state index is 12.2. The zero-order valence-electron chi connectivity index (χ0n) is 20.3. The lowest BCUT2D eigenvalue weighted by Crippen LogP contribution is -2.41. The number of aromatic nitrogens is 2. The molecule has 6 rings (SSSR count). The molecule has 2 bridgehead atoms. The average molecular weight is 489 g/mol. The van der Waals surface area contributed by atoms with Crippen LogP contribution >= 0.6 is 0 Å². The van der Waals surface area contributed by atoms with Crippen LogP contribution in [0.2, 0.25) is 0 Å². The van der Waals surface area contributed by atoms with E-state index in [1.165, 1.54) is 0 Å². The first-order valence-electron chi connectivity index (χ1n) is 12.8. The van der Waals surface area contributed by atoms with Crippen molar-refractivity contribution in [2.24, 2.45) is 28.5 Å². The lowest BCUT2D eigenvalue weighted by atomic mass is 9.88. The van der Waals surface area contributed by atoms with Gasteiger partial charge in [-0.05, 0) is 36.0 Å². The van der Waals surface area contributed by atoms with E-state index < -0.39 is 0 Å². The number of hydrogen-bond acceptors (Lipinski definition) is 8. The third-order valence-corrected chi connectivity index (χ3v) is 7.64. The second kappa shape index (κ2) is 9.99. The first-order valence-corrected chi connectivity index (χ1v) is 12.8. The van der Waals surface area contributed by atoms with Gasteiger partial charge in [0.25, 0.3) is 0 Å². The normalized spacial score (nSPS) is 26.3. The number of anilines is 1. The highest BCUT2D eigenvalue weighted by molar-refractivity contribution is 5.82. The average Bonchev–Trinajstić information content (AvgIpc) is 3.62. The van der Waals surface area contributed by atoms with Gasteiger partial charge in [-0.3, -0.25) is 14.7 Å². The molecule has 2 aliphatic heterocycles. The van der Waals surface area contributed by atoms with E-state index >= 15 is 0 Å². The summed E-state index contributed by atoms with van der Waals surface area (Å²) in [5.41, 5.74) is 8.54. The summed E-state index contributed by atoms with van der Waals surface area (Å²) < 4.78 is 11.4. The van der Waals surface area contributed by atoms with Crippen LogP contribution in [0.5, 0.6) is 5.75 Å². The minimum atomic E-state index is -0.260. The third kappa shape index (κ3) is 4.73. The summed E-state index contributed by atoms with van der Waals surface area (Å²) >= 11 is 0. The molecule has 4 aliphatic rings. The number of rotatable bonds is 9. The highest BCUT2D eigenvalue weighted by atomic mass is 16.5. The van der Waals surface area contributed by atoms with Crippen LogP contribution in [-0.2, 0) is 22.4 Å². The molecule has 1 saturated heterocycles. The van der Waals surface area contributed by atoms with Gasteiger partial charge in [-0.25, -0.2) is 9.97 Å². The molecule has 2 aromatic rings. The van der Waals surface area contributed by atoms with Gasteiger partial charge in [0.1, 0.15) is 23.9 Å². The number of amides is 1. The minimum absolute atomic E-state index is 0.0663. The van der Waals surface area contributed by atoms with Gasteiger partial charge in [-0.15, -0.1) is 0 Å². The smallest absolute Gasteiger partial charge is 0.223 e. The lowest BCUT2D eigenvalue weighted by Gasteiger charge is -2.27. The van der Waals surface area contributed by atoms with Crippen molar-refractivity contribution < 1.29 is 14.3 Å². The number of carbonyl (C=O) groups excluding carboxylic acids is 1. The van der Waals surface area contributed by atoms with Crippen molar-refractivity contribution in [3.63, 3.8) is 0 Å². The van der Waals surface area contributed by atoms with Crippen molar-refractivity contribution in [3.8, 4) is 5.75 Å². The predicted octanol–water partition coefficient (Wildman–Crippen LogP) is 2.12. The van der Waals surface area contributed by atoms with Gasteiger partial charge in [0.15, 0.2) is 5.82 Å². The Hall–Kier alpha value is -3.30. The van der Waals surface area contributed by atoms with E-state index in [9.17, 15) is 4.79 Å². The lowest BCUT2D eigenvalue weighted by molar-refractivity contribution is -0.122. The van der Waals surface area contributed by atoms with E-state index in [-0.39, 0.29) is 29.7 Å². The zero-order valence-corrected chi connectivity index (χ0v) is 20.3. The Balaban J connectivity index is 1.16. The standard InChI is InChI=1S/C27H32N6O3/c28-26(34)23-18-4-5-19(16-18)24(23)32-27-25-21(6-7-29-25)30-22(31-27)15-17-2-1-3-20(14-17)36-13-10-33-8-11-35-12-9-33/h1-5,7,14,18-19,23-24H,6,8-13,15-16H2,(H2,28,34)(H,30,31,32)/t18-,19+,23+,24-/m0/s1. The Morgan fingerprint density at radius 1 is 1.19 bits per heavy atom. The maximum atomic E-state index is 12.2. The number of fused-ring (bicyclic) bond motifs is 3. The van der Waals surface area contributed by atoms with Gasteiger partial charge in [0.2, 0.25) is 5.91 Å². The SMILES string of the molecule is NC(=O)[C@H]1[C@@H](Nc2nc(Cc3cccc(OCCN4CCOCC4)c3)nc3c2N=CC3)[C@@H]2C=C[C@H]1C2. The summed E-state index contributed by atoms with van der Waals surface area (Å²) in [6, 6.07) is 8.05. The first kappa shape index (κ1) is 23.1. The minimum Gasteiger partial charge on any atom is -0.492 e. The second-order valence-corrected chi connectivity index (χ2v) is 9.97. The fourth-order valence-electron chi connectivity index (χ4n) is 5.84. The molecule has 188 valence electrons. The van der Waals surface area contributed by atoms with E-state index in [0.29, 0.717) is 25.3 Å². The largest absolute Gasteiger partial charge is 0.492 e. The summed E-state index contributed by atoms with van der Waals surface area (Å²) in [6.07, 6.45) is 8.40. The van der Waals surface area contributed by atoms with E-state index in [0.717, 1.165) is 67.8 Å². The molecule has 2 aliphatic carbocycles. The summed E-state index contributed by atoms with van der Waals surface area (Å²) in [4.78, 5) is 28.7. The molecule has 9 heteroatoms. The fourth-order valence-corrected chi connectivity index (χ4v) is 5.84. The number of aliphatic imine (C=N–C) groups is 1. The molecule has 1 amide bonds. The number of nitrogens with zero attached hydrogens (tertiary/aromatic N) is 4. The quantitative estimate of drug-likeness (QED) is 0.520. The summed E-state index contributed by atoms with van der Waals surface area (Å²) in [5.74, 6) is 2.25. The third-order valence-electron chi connectivity index (χ3n) is 7.64. The molecule has 2 fully saturated rings. The molecule has 36 heavy (non-hydrogen) atoms. The number of carbonyl (C=O) groups is 1. The maximum Gasteiger partial charge on any atom is 0.223 e. The zero-order chi connectivity index (χ0) is 24.5. The number of ether oxygens (including phenoxy) is 2. The van der Waals surface area contributed by atoms with Crippen molar-refractivity contribution in [1.82, 2.24) is 14.9 Å². The van der Waals surface area contributed by atoms with Crippen molar-refractivity contribution >= 4 is 23.6 Å². The predicted molar refractivity (Wildman–Crippen MR) is 137 cm³/mol. The number of hydrogen-bond donors (Lipinski definition) is 2. The fraction of sp³-hybridized carbons (Fsp3) is 0.481. The second-order valence-electron chi connectivity index (χ2n) is 9.97. The number of nitrogens with one attached hydrogen (secondary N) is 1. The Labute approximate surface area is 210 Å². The summed E-state index contributed by atoms with van der Waals surface area (Å²) in [6.45, 7) is 5.03. The number of allylic oxidation sites excluding steroid dienone is 1. The molecule has 3 N–H and O–H groups in total.